The van der Waals surface area contributed by atoms with Gasteiger partial charge in [-0.05, 0) is 29.7 Å². The quantitative estimate of drug-likeness (QED) is 0.497. The smallest absolute Gasteiger partial charge is 0.269 e. The van der Waals surface area contributed by atoms with Crippen LogP contribution in [0.4, 0.5) is 10.8 Å². The fourth-order valence-corrected chi connectivity index (χ4v) is 2.72. The first-order chi connectivity index (χ1) is 10.9. The molecule has 1 heterocycles. The number of carbonyl (C=O) groups is 1. The molecule has 0 bridgehead atoms. The van der Waals surface area contributed by atoms with Gasteiger partial charge in [0.15, 0.2) is 0 Å². The highest BCUT2D eigenvalue weighted by Crippen LogP contribution is 2.18. The number of rotatable bonds is 6. The summed E-state index contributed by atoms with van der Waals surface area (Å²) >= 11 is 1.35. The van der Waals surface area contributed by atoms with Crippen molar-refractivity contribution in [2.24, 2.45) is 5.92 Å². The molecule has 0 saturated carbocycles. The predicted molar refractivity (Wildman–Crippen MR) is 89.2 cm³/mol. The van der Waals surface area contributed by atoms with Gasteiger partial charge in [0.25, 0.3) is 5.69 Å². The number of nitro benzene ring substituents is 1. The summed E-state index contributed by atoms with van der Waals surface area (Å²) in [7, 11) is 0. The average Bonchev–Trinajstić information content (AvgIpc) is 2.91. The van der Waals surface area contributed by atoms with Crippen molar-refractivity contribution in [3.8, 4) is 0 Å². The summed E-state index contributed by atoms with van der Waals surface area (Å²) in [6, 6.07) is 5.93. The van der Waals surface area contributed by atoms with Gasteiger partial charge in [-0.1, -0.05) is 25.2 Å². The summed E-state index contributed by atoms with van der Waals surface area (Å²) in [5.41, 5.74) is 0.710. The van der Waals surface area contributed by atoms with Crippen molar-refractivity contribution in [3.63, 3.8) is 0 Å². The molecule has 0 saturated heterocycles. The Bertz CT molecular complexity index is 723. The van der Waals surface area contributed by atoms with Gasteiger partial charge in [-0.3, -0.25) is 20.2 Å². The Balaban J connectivity index is 1.93. The molecule has 120 valence electrons. The molecule has 0 aliphatic carbocycles. The van der Waals surface area contributed by atoms with Gasteiger partial charge in [-0.25, -0.2) is 0 Å². The maximum atomic E-state index is 11.8. The molecule has 0 aliphatic rings. The molecule has 0 unspecified atom stereocenters. The second-order valence-corrected chi connectivity index (χ2v) is 6.33. The van der Waals surface area contributed by atoms with Crippen molar-refractivity contribution in [1.29, 1.82) is 0 Å². The van der Waals surface area contributed by atoms with E-state index in [1.807, 2.05) is 0 Å². The number of non-ortho nitro benzene ring substituents is 1. The van der Waals surface area contributed by atoms with Crippen LogP contribution in [-0.2, 0) is 11.2 Å². The van der Waals surface area contributed by atoms with Crippen molar-refractivity contribution >= 4 is 34.1 Å². The van der Waals surface area contributed by atoms with Gasteiger partial charge in [0, 0.05) is 24.6 Å². The van der Waals surface area contributed by atoms with Crippen LogP contribution in [0.3, 0.4) is 0 Å². The molecule has 1 aromatic carbocycles. The number of benzene rings is 1. The zero-order valence-corrected chi connectivity index (χ0v) is 13.5. The standard InChI is InChI=1S/C15H16N4O3S/c1-10(2)9-14-17-18-15(23-14)16-13(20)8-5-11-3-6-12(7-4-11)19(21)22/h3-8,10H,9H2,1-2H3,(H,16,18,20)/b8-5+. The number of nitro groups is 1. The van der Waals surface area contributed by atoms with E-state index in [1.54, 1.807) is 18.2 Å². The van der Waals surface area contributed by atoms with Gasteiger partial charge < -0.3 is 0 Å². The zero-order valence-electron chi connectivity index (χ0n) is 12.7. The Morgan fingerprint density at radius 3 is 2.65 bits per heavy atom. The topological polar surface area (TPSA) is 98.0 Å². The zero-order chi connectivity index (χ0) is 16.8. The minimum atomic E-state index is -0.468. The largest absolute Gasteiger partial charge is 0.297 e. The maximum Gasteiger partial charge on any atom is 0.269 e. The lowest BCUT2D eigenvalue weighted by Gasteiger charge is -1.97. The highest BCUT2D eigenvalue weighted by Gasteiger charge is 2.08. The molecular formula is C15H16N4O3S. The lowest BCUT2D eigenvalue weighted by Crippen LogP contribution is -2.07. The molecule has 7 nitrogen and oxygen atoms in total. The number of aromatic nitrogens is 2. The van der Waals surface area contributed by atoms with E-state index in [0.717, 1.165) is 11.4 Å². The molecular weight excluding hydrogens is 316 g/mol. The van der Waals surface area contributed by atoms with E-state index >= 15 is 0 Å². The van der Waals surface area contributed by atoms with E-state index in [-0.39, 0.29) is 11.6 Å². The van der Waals surface area contributed by atoms with Gasteiger partial charge in [0.2, 0.25) is 11.0 Å². The van der Waals surface area contributed by atoms with Crippen LogP contribution < -0.4 is 5.32 Å². The minimum absolute atomic E-state index is 0.0122. The third-order valence-corrected chi connectivity index (χ3v) is 3.67. The van der Waals surface area contributed by atoms with E-state index in [9.17, 15) is 14.9 Å². The van der Waals surface area contributed by atoms with Crippen LogP contribution >= 0.6 is 11.3 Å². The van der Waals surface area contributed by atoms with E-state index in [2.05, 4.69) is 29.4 Å². The van der Waals surface area contributed by atoms with Crippen LogP contribution in [0.25, 0.3) is 6.08 Å². The van der Waals surface area contributed by atoms with Crippen LogP contribution in [0.2, 0.25) is 0 Å². The second kappa shape index (κ2) is 7.59. The summed E-state index contributed by atoms with van der Waals surface area (Å²) < 4.78 is 0. The molecule has 2 aromatic rings. The Morgan fingerprint density at radius 1 is 1.35 bits per heavy atom. The van der Waals surface area contributed by atoms with Crippen molar-refractivity contribution in [2.75, 3.05) is 5.32 Å². The Hall–Kier alpha value is -2.61. The number of carbonyl (C=O) groups excluding carboxylic acids is 1. The minimum Gasteiger partial charge on any atom is -0.297 e. The normalized spacial score (nSPS) is 11.1. The molecule has 0 spiro atoms. The van der Waals surface area contributed by atoms with Crippen LogP contribution in [0.15, 0.2) is 30.3 Å². The summed E-state index contributed by atoms with van der Waals surface area (Å²) in [5, 5.41) is 22.5. The molecule has 23 heavy (non-hydrogen) atoms. The third-order valence-electron chi connectivity index (χ3n) is 2.81. The van der Waals surface area contributed by atoms with E-state index in [0.29, 0.717) is 16.6 Å². The van der Waals surface area contributed by atoms with Gasteiger partial charge in [-0.15, -0.1) is 10.2 Å². The third kappa shape index (κ3) is 5.26. The molecule has 1 N–H and O–H groups in total. The summed E-state index contributed by atoms with van der Waals surface area (Å²) in [5.74, 6) is 0.157. The predicted octanol–water partition coefficient (Wildman–Crippen LogP) is 3.30. The number of nitrogens with one attached hydrogen (secondary N) is 1. The lowest BCUT2D eigenvalue weighted by atomic mass is 10.1. The Morgan fingerprint density at radius 2 is 2.04 bits per heavy atom. The number of hydrogen-bond acceptors (Lipinski definition) is 6. The lowest BCUT2D eigenvalue weighted by molar-refractivity contribution is -0.384. The average molecular weight is 332 g/mol. The Labute approximate surface area is 137 Å². The Kier molecular flexibility index (Phi) is 5.53. The van der Waals surface area contributed by atoms with Crippen molar-refractivity contribution in [1.82, 2.24) is 10.2 Å². The molecule has 1 amide bonds. The highest BCUT2D eigenvalue weighted by atomic mass is 32.1. The molecule has 0 fully saturated rings. The number of amides is 1. The van der Waals surface area contributed by atoms with Gasteiger partial charge in [-0.2, -0.15) is 0 Å². The van der Waals surface area contributed by atoms with Gasteiger partial charge in [0.05, 0.1) is 4.92 Å². The van der Waals surface area contributed by atoms with Crippen LogP contribution in [-0.4, -0.2) is 21.0 Å². The fraction of sp³-hybridized carbons (Fsp3) is 0.267. The summed E-state index contributed by atoms with van der Waals surface area (Å²) in [6.45, 7) is 4.18. The van der Waals surface area contributed by atoms with Crippen molar-refractivity contribution in [2.45, 2.75) is 20.3 Å². The first kappa shape index (κ1) is 16.8. The van der Waals surface area contributed by atoms with Crippen LogP contribution in [0, 0.1) is 16.0 Å². The molecule has 8 heteroatoms. The molecule has 1 aromatic heterocycles. The van der Waals surface area contributed by atoms with E-state index in [4.69, 9.17) is 0 Å². The molecule has 0 atom stereocenters. The first-order valence-corrected chi connectivity index (χ1v) is 7.81. The molecule has 2 rings (SSSR count). The number of anilines is 1. The van der Waals surface area contributed by atoms with E-state index < -0.39 is 4.92 Å². The second-order valence-electron chi connectivity index (χ2n) is 5.27. The maximum absolute atomic E-state index is 11.8. The van der Waals surface area contributed by atoms with Crippen LogP contribution in [0.5, 0.6) is 0 Å². The molecule has 0 radical (unpaired) electrons. The van der Waals surface area contributed by atoms with Gasteiger partial charge in [0.1, 0.15) is 5.01 Å². The van der Waals surface area contributed by atoms with E-state index in [1.165, 1.54) is 29.5 Å². The summed E-state index contributed by atoms with van der Waals surface area (Å²) in [4.78, 5) is 21.9. The van der Waals surface area contributed by atoms with Crippen molar-refractivity contribution < 1.29 is 9.72 Å². The van der Waals surface area contributed by atoms with Crippen LogP contribution in [0.1, 0.15) is 24.4 Å². The van der Waals surface area contributed by atoms with Crippen molar-refractivity contribution in [3.05, 3.63) is 51.0 Å². The number of nitrogens with zero attached hydrogens (tertiary/aromatic N) is 3. The fourth-order valence-electron chi connectivity index (χ4n) is 1.76. The number of hydrogen-bond donors (Lipinski definition) is 1. The first-order valence-electron chi connectivity index (χ1n) is 7.00. The highest BCUT2D eigenvalue weighted by molar-refractivity contribution is 7.15. The molecule has 0 aliphatic heterocycles. The van der Waals surface area contributed by atoms with Gasteiger partial charge >= 0.3 is 0 Å². The summed E-state index contributed by atoms with van der Waals surface area (Å²) in [6.07, 6.45) is 3.76. The monoisotopic (exact) mass is 332 g/mol. The SMILES string of the molecule is CC(C)Cc1nnc(NC(=O)/C=C/c2ccc([N+](=O)[O-])cc2)s1.